The van der Waals surface area contributed by atoms with Crippen LogP contribution in [0, 0.1) is 5.92 Å². The molecule has 1 unspecified atom stereocenters. The van der Waals surface area contributed by atoms with Crippen LogP contribution >= 0.6 is 0 Å². The predicted molar refractivity (Wildman–Crippen MR) is 85.4 cm³/mol. The Kier molecular flexibility index (Phi) is 3.29. The molecule has 5 nitrogen and oxygen atoms in total. The van der Waals surface area contributed by atoms with E-state index in [9.17, 15) is 9.59 Å². The van der Waals surface area contributed by atoms with Gasteiger partial charge in [0.15, 0.2) is 0 Å². The summed E-state index contributed by atoms with van der Waals surface area (Å²) in [6, 6.07) is 9.59. The number of hydrogen-bond donors (Lipinski definition) is 1. The lowest BCUT2D eigenvalue weighted by atomic mass is 10.0. The highest BCUT2D eigenvalue weighted by Crippen LogP contribution is 2.40. The molecule has 1 aliphatic carbocycles. The molecule has 1 amide bonds. The third kappa shape index (κ3) is 2.56. The highest BCUT2D eigenvalue weighted by atomic mass is 16.4. The summed E-state index contributed by atoms with van der Waals surface area (Å²) < 4.78 is 0. The van der Waals surface area contributed by atoms with Crippen LogP contribution < -0.4 is 0 Å². The van der Waals surface area contributed by atoms with Gasteiger partial charge < -0.3 is 10.0 Å². The molecule has 2 fully saturated rings. The highest BCUT2D eigenvalue weighted by molar-refractivity contribution is 6.06. The Morgan fingerprint density at radius 2 is 1.96 bits per heavy atom. The average molecular weight is 310 g/mol. The fraction of sp³-hybridized carbons (Fsp3) is 0.389. The molecule has 118 valence electrons. The third-order valence-electron chi connectivity index (χ3n) is 4.79. The van der Waals surface area contributed by atoms with E-state index in [1.807, 2.05) is 30.3 Å². The maximum atomic E-state index is 12.9. The SMILES string of the molecule is O=C(O)C1CCN(C(=O)c2cc(C3CC3)nc3ccccc23)C1. The summed E-state index contributed by atoms with van der Waals surface area (Å²) in [6.07, 6.45) is 2.78. The Hall–Kier alpha value is -2.43. The van der Waals surface area contributed by atoms with E-state index in [1.165, 1.54) is 0 Å². The first kappa shape index (κ1) is 14.2. The molecular weight excluding hydrogens is 292 g/mol. The summed E-state index contributed by atoms with van der Waals surface area (Å²) in [5, 5.41) is 9.98. The largest absolute Gasteiger partial charge is 0.481 e. The summed E-state index contributed by atoms with van der Waals surface area (Å²) in [5.74, 6) is -0.876. The molecule has 1 aromatic carbocycles. The van der Waals surface area contributed by atoms with Gasteiger partial charge in [-0.25, -0.2) is 0 Å². The number of likely N-dealkylation sites (tertiary alicyclic amines) is 1. The molecule has 2 aliphatic rings. The number of aromatic nitrogens is 1. The molecule has 1 N–H and O–H groups in total. The molecule has 23 heavy (non-hydrogen) atoms. The van der Waals surface area contributed by atoms with E-state index in [1.54, 1.807) is 4.90 Å². The van der Waals surface area contributed by atoms with E-state index in [0.717, 1.165) is 29.4 Å². The van der Waals surface area contributed by atoms with Crippen molar-refractivity contribution >= 4 is 22.8 Å². The average Bonchev–Trinajstić information content (AvgIpc) is 3.29. The van der Waals surface area contributed by atoms with Crippen molar-refractivity contribution in [2.45, 2.75) is 25.2 Å². The number of carboxylic acids is 1. The van der Waals surface area contributed by atoms with Crippen molar-refractivity contribution in [1.82, 2.24) is 9.88 Å². The topological polar surface area (TPSA) is 70.5 Å². The first-order chi connectivity index (χ1) is 11.1. The maximum absolute atomic E-state index is 12.9. The normalized spacial score (nSPS) is 20.9. The van der Waals surface area contributed by atoms with Crippen LogP contribution in [0.5, 0.6) is 0 Å². The van der Waals surface area contributed by atoms with Crippen molar-refractivity contribution < 1.29 is 14.7 Å². The number of benzene rings is 1. The number of aliphatic carboxylic acids is 1. The summed E-state index contributed by atoms with van der Waals surface area (Å²) in [5.41, 5.74) is 2.49. The van der Waals surface area contributed by atoms with Crippen LogP contribution in [-0.2, 0) is 4.79 Å². The van der Waals surface area contributed by atoms with E-state index in [-0.39, 0.29) is 5.91 Å². The van der Waals surface area contributed by atoms with Crippen molar-refractivity contribution in [3.8, 4) is 0 Å². The number of pyridine rings is 1. The zero-order chi connectivity index (χ0) is 16.0. The van der Waals surface area contributed by atoms with Crippen LogP contribution in [0.1, 0.15) is 41.2 Å². The van der Waals surface area contributed by atoms with Crippen molar-refractivity contribution in [2.75, 3.05) is 13.1 Å². The molecule has 0 radical (unpaired) electrons. The predicted octanol–water partition coefficient (Wildman–Crippen LogP) is 2.66. The van der Waals surface area contributed by atoms with Crippen LogP contribution in [0.4, 0.5) is 0 Å². The van der Waals surface area contributed by atoms with E-state index in [4.69, 9.17) is 5.11 Å². The monoisotopic (exact) mass is 310 g/mol. The van der Waals surface area contributed by atoms with Gasteiger partial charge in [-0.2, -0.15) is 0 Å². The molecule has 1 atom stereocenters. The number of carboxylic acid groups (broad SMARTS) is 1. The molecule has 2 aromatic rings. The quantitative estimate of drug-likeness (QED) is 0.946. The van der Waals surface area contributed by atoms with Crippen molar-refractivity contribution in [2.24, 2.45) is 5.92 Å². The highest BCUT2D eigenvalue weighted by Gasteiger charge is 2.33. The number of fused-ring (bicyclic) bond motifs is 1. The summed E-state index contributed by atoms with van der Waals surface area (Å²) in [6.45, 7) is 0.800. The van der Waals surface area contributed by atoms with Crippen LogP contribution in [-0.4, -0.2) is 40.0 Å². The van der Waals surface area contributed by atoms with Crippen LogP contribution in [0.15, 0.2) is 30.3 Å². The molecule has 0 spiro atoms. The smallest absolute Gasteiger partial charge is 0.308 e. The number of amides is 1. The maximum Gasteiger partial charge on any atom is 0.308 e. The van der Waals surface area contributed by atoms with Gasteiger partial charge in [0.1, 0.15) is 0 Å². The van der Waals surface area contributed by atoms with Gasteiger partial charge in [-0.3, -0.25) is 14.6 Å². The van der Waals surface area contributed by atoms with Crippen LogP contribution in [0.2, 0.25) is 0 Å². The van der Waals surface area contributed by atoms with E-state index in [0.29, 0.717) is 31.0 Å². The Balaban J connectivity index is 1.72. The Morgan fingerprint density at radius 3 is 2.65 bits per heavy atom. The molecule has 1 saturated heterocycles. The molecule has 0 bridgehead atoms. The lowest BCUT2D eigenvalue weighted by molar-refractivity contribution is -0.141. The van der Waals surface area contributed by atoms with Crippen molar-refractivity contribution in [3.05, 3.63) is 41.6 Å². The van der Waals surface area contributed by atoms with Gasteiger partial charge in [0.25, 0.3) is 5.91 Å². The molecule has 2 heterocycles. The van der Waals surface area contributed by atoms with Gasteiger partial charge in [-0.05, 0) is 31.4 Å². The van der Waals surface area contributed by atoms with Gasteiger partial charge in [0, 0.05) is 30.1 Å². The van der Waals surface area contributed by atoms with Gasteiger partial charge in [0.2, 0.25) is 0 Å². The summed E-state index contributed by atoms with van der Waals surface area (Å²) in [4.78, 5) is 30.4. The fourth-order valence-electron chi connectivity index (χ4n) is 3.28. The van der Waals surface area contributed by atoms with Crippen molar-refractivity contribution in [1.29, 1.82) is 0 Å². The second-order valence-corrected chi connectivity index (χ2v) is 6.46. The van der Waals surface area contributed by atoms with Crippen LogP contribution in [0.3, 0.4) is 0 Å². The molecule has 4 rings (SSSR count). The Bertz CT molecular complexity index is 798. The molecule has 5 heteroatoms. The van der Waals surface area contributed by atoms with Gasteiger partial charge in [0.05, 0.1) is 17.0 Å². The number of carbonyl (C=O) groups excluding carboxylic acids is 1. The first-order valence-corrected chi connectivity index (χ1v) is 8.05. The molecule has 1 aliphatic heterocycles. The zero-order valence-corrected chi connectivity index (χ0v) is 12.7. The first-order valence-electron chi connectivity index (χ1n) is 8.05. The van der Waals surface area contributed by atoms with Gasteiger partial charge >= 0.3 is 5.97 Å². The standard InChI is InChI=1S/C18H18N2O3/c21-17(20-8-7-12(10-20)18(22)23)14-9-16(11-5-6-11)19-15-4-2-1-3-13(14)15/h1-4,9,11-12H,5-8,10H2,(H,22,23). The summed E-state index contributed by atoms with van der Waals surface area (Å²) in [7, 11) is 0. The minimum atomic E-state index is -0.821. The second kappa shape index (κ2) is 5.33. The third-order valence-corrected chi connectivity index (χ3v) is 4.79. The van der Waals surface area contributed by atoms with E-state index >= 15 is 0 Å². The van der Waals surface area contributed by atoms with Crippen molar-refractivity contribution in [3.63, 3.8) is 0 Å². The lowest BCUT2D eigenvalue weighted by Crippen LogP contribution is -2.30. The fourth-order valence-corrected chi connectivity index (χ4v) is 3.28. The number of nitrogens with zero attached hydrogens (tertiary/aromatic N) is 2. The Morgan fingerprint density at radius 1 is 1.17 bits per heavy atom. The minimum Gasteiger partial charge on any atom is -0.481 e. The van der Waals surface area contributed by atoms with E-state index in [2.05, 4.69) is 4.98 Å². The molecule has 1 aromatic heterocycles. The number of para-hydroxylation sites is 1. The summed E-state index contributed by atoms with van der Waals surface area (Å²) >= 11 is 0. The second-order valence-electron chi connectivity index (χ2n) is 6.46. The number of hydrogen-bond acceptors (Lipinski definition) is 3. The van der Waals surface area contributed by atoms with Gasteiger partial charge in [-0.1, -0.05) is 18.2 Å². The minimum absolute atomic E-state index is 0.0748. The molecular formula is C18H18N2O3. The van der Waals surface area contributed by atoms with Crippen LogP contribution in [0.25, 0.3) is 10.9 Å². The molecule has 1 saturated carbocycles. The van der Waals surface area contributed by atoms with Gasteiger partial charge in [-0.15, -0.1) is 0 Å². The number of carbonyl (C=O) groups is 2. The lowest BCUT2D eigenvalue weighted by Gasteiger charge is -2.18. The van der Waals surface area contributed by atoms with E-state index < -0.39 is 11.9 Å². The zero-order valence-electron chi connectivity index (χ0n) is 12.7. The number of rotatable bonds is 3. The Labute approximate surface area is 133 Å².